The Balaban J connectivity index is 1.85. The highest BCUT2D eigenvalue weighted by atomic mass is 32.1. The fourth-order valence-corrected chi connectivity index (χ4v) is 2.48. The highest BCUT2D eigenvalue weighted by Crippen LogP contribution is 2.41. The van der Waals surface area contributed by atoms with Crippen molar-refractivity contribution in [3.63, 3.8) is 0 Å². The monoisotopic (exact) mass is 246 g/mol. The lowest BCUT2D eigenvalue weighted by Gasteiger charge is -2.04. The molecular formula is C12H14N4S. The maximum Gasteiger partial charge on any atom is 0.134 e. The number of nitrogens with zero attached hydrogens (tertiary/aromatic N) is 3. The number of aromatic nitrogens is 3. The Bertz CT molecular complexity index is 545. The molecule has 5 heteroatoms. The predicted octanol–water partition coefficient (Wildman–Crippen LogP) is 2.29. The van der Waals surface area contributed by atoms with Crippen molar-refractivity contribution in [2.45, 2.75) is 32.1 Å². The summed E-state index contributed by atoms with van der Waals surface area (Å²) in [5, 5.41) is 3.14. The van der Waals surface area contributed by atoms with E-state index in [2.05, 4.69) is 20.3 Å². The zero-order valence-electron chi connectivity index (χ0n) is 9.68. The van der Waals surface area contributed by atoms with E-state index in [0.717, 1.165) is 27.9 Å². The van der Waals surface area contributed by atoms with Gasteiger partial charge in [0.2, 0.25) is 0 Å². The van der Waals surface area contributed by atoms with Gasteiger partial charge in [0.05, 0.1) is 34.7 Å². The van der Waals surface area contributed by atoms with E-state index in [4.69, 9.17) is 5.73 Å². The fraction of sp³-hybridized carbons (Fsp3) is 0.417. The highest BCUT2D eigenvalue weighted by molar-refractivity contribution is 7.09. The molecule has 0 saturated heterocycles. The molecular weight excluding hydrogens is 232 g/mol. The maximum atomic E-state index is 5.89. The summed E-state index contributed by atoms with van der Waals surface area (Å²) in [7, 11) is 0. The summed E-state index contributed by atoms with van der Waals surface area (Å²) < 4.78 is 0. The van der Waals surface area contributed by atoms with Crippen LogP contribution in [-0.2, 0) is 6.42 Å². The van der Waals surface area contributed by atoms with Gasteiger partial charge in [-0.3, -0.25) is 0 Å². The summed E-state index contributed by atoms with van der Waals surface area (Å²) in [5.74, 6) is 1.39. The van der Waals surface area contributed by atoms with E-state index in [-0.39, 0.29) is 0 Å². The molecule has 0 spiro atoms. The Morgan fingerprint density at radius 3 is 2.88 bits per heavy atom. The molecule has 2 aromatic rings. The molecule has 2 aromatic heterocycles. The van der Waals surface area contributed by atoms with Crippen molar-refractivity contribution in [2.75, 3.05) is 5.73 Å². The lowest BCUT2D eigenvalue weighted by Crippen LogP contribution is -2.04. The van der Waals surface area contributed by atoms with E-state index in [1.807, 2.05) is 6.92 Å². The minimum Gasteiger partial charge on any atom is -0.396 e. The first-order valence-corrected chi connectivity index (χ1v) is 6.62. The molecule has 4 nitrogen and oxygen atoms in total. The molecule has 17 heavy (non-hydrogen) atoms. The zero-order valence-corrected chi connectivity index (χ0v) is 10.5. The summed E-state index contributed by atoms with van der Waals surface area (Å²) in [6.45, 7) is 2.01. The molecule has 1 fully saturated rings. The highest BCUT2D eigenvalue weighted by Gasteiger charge is 2.27. The largest absolute Gasteiger partial charge is 0.396 e. The molecule has 1 aliphatic rings. The van der Waals surface area contributed by atoms with Gasteiger partial charge in [0.25, 0.3) is 0 Å². The van der Waals surface area contributed by atoms with Crippen molar-refractivity contribution in [1.82, 2.24) is 15.0 Å². The summed E-state index contributed by atoms with van der Waals surface area (Å²) in [6.07, 6.45) is 4.84. The van der Waals surface area contributed by atoms with Gasteiger partial charge < -0.3 is 5.73 Å². The van der Waals surface area contributed by atoms with Crippen molar-refractivity contribution in [3.05, 3.63) is 33.8 Å². The van der Waals surface area contributed by atoms with E-state index in [9.17, 15) is 0 Å². The van der Waals surface area contributed by atoms with Crippen LogP contribution in [0.4, 0.5) is 5.69 Å². The molecule has 0 amide bonds. The number of aryl methyl sites for hydroxylation is 1. The molecule has 1 aliphatic carbocycles. The van der Waals surface area contributed by atoms with Gasteiger partial charge in [-0.25, -0.2) is 15.0 Å². The van der Waals surface area contributed by atoms with Crippen LogP contribution in [0.1, 0.15) is 41.0 Å². The lowest BCUT2D eigenvalue weighted by molar-refractivity contribution is 0.890. The van der Waals surface area contributed by atoms with E-state index >= 15 is 0 Å². The molecule has 2 heterocycles. The number of thiazole rings is 1. The smallest absolute Gasteiger partial charge is 0.134 e. The third-order valence-electron chi connectivity index (χ3n) is 2.87. The average Bonchev–Trinajstić information content (AvgIpc) is 3.06. The molecule has 1 saturated carbocycles. The maximum absolute atomic E-state index is 5.89. The van der Waals surface area contributed by atoms with Gasteiger partial charge in [0.1, 0.15) is 5.82 Å². The second-order valence-corrected chi connectivity index (χ2v) is 5.50. The molecule has 0 aromatic carbocycles. The van der Waals surface area contributed by atoms with E-state index in [0.29, 0.717) is 12.3 Å². The number of hydrogen-bond acceptors (Lipinski definition) is 5. The van der Waals surface area contributed by atoms with Crippen molar-refractivity contribution in [2.24, 2.45) is 0 Å². The van der Waals surface area contributed by atoms with Crippen LogP contribution in [0.15, 0.2) is 11.6 Å². The van der Waals surface area contributed by atoms with Gasteiger partial charge in [-0.2, -0.15) is 0 Å². The first kappa shape index (κ1) is 10.7. The molecule has 2 N–H and O–H groups in total. The summed E-state index contributed by atoms with van der Waals surface area (Å²) in [4.78, 5) is 13.3. The third-order valence-corrected chi connectivity index (χ3v) is 3.69. The van der Waals surface area contributed by atoms with E-state index in [1.54, 1.807) is 17.5 Å². The van der Waals surface area contributed by atoms with E-state index in [1.165, 1.54) is 12.8 Å². The molecule has 0 aliphatic heterocycles. The predicted molar refractivity (Wildman–Crippen MR) is 68.1 cm³/mol. The Hall–Kier alpha value is -1.49. The minimum absolute atomic E-state index is 0.564. The normalized spacial score (nSPS) is 15.1. The number of anilines is 1. The van der Waals surface area contributed by atoms with Crippen molar-refractivity contribution in [1.29, 1.82) is 0 Å². The summed E-state index contributed by atoms with van der Waals surface area (Å²) in [5.41, 5.74) is 8.69. The number of nitrogen functional groups attached to an aromatic ring is 1. The van der Waals surface area contributed by atoms with Crippen LogP contribution in [0.25, 0.3) is 0 Å². The van der Waals surface area contributed by atoms with Gasteiger partial charge >= 0.3 is 0 Å². The summed E-state index contributed by atoms with van der Waals surface area (Å²) in [6, 6.07) is 0. The van der Waals surface area contributed by atoms with Gasteiger partial charge in [-0.15, -0.1) is 11.3 Å². The van der Waals surface area contributed by atoms with Gasteiger partial charge in [-0.05, 0) is 19.8 Å². The number of hydrogen-bond donors (Lipinski definition) is 1. The van der Waals surface area contributed by atoms with Crippen LogP contribution in [0.5, 0.6) is 0 Å². The number of nitrogens with two attached hydrogens (primary N) is 1. The van der Waals surface area contributed by atoms with Crippen LogP contribution in [0.2, 0.25) is 0 Å². The fourth-order valence-electron chi connectivity index (χ4n) is 1.86. The molecule has 3 rings (SSSR count). The standard InChI is InChI=1S/C12H14N4S/c1-7-15-9(6-17-7)4-11-14-5-10(13)12(16-11)8-2-3-8/h5-6,8H,2-4,13H2,1H3. The van der Waals surface area contributed by atoms with Crippen LogP contribution >= 0.6 is 11.3 Å². The van der Waals surface area contributed by atoms with Crippen LogP contribution in [0, 0.1) is 6.92 Å². The second kappa shape index (κ2) is 4.07. The Labute approximate surface area is 104 Å². The Kier molecular flexibility index (Phi) is 2.55. The van der Waals surface area contributed by atoms with Crippen molar-refractivity contribution >= 4 is 17.0 Å². The summed E-state index contributed by atoms with van der Waals surface area (Å²) >= 11 is 1.66. The van der Waals surface area contributed by atoms with Crippen molar-refractivity contribution in [3.8, 4) is 0 Å². The quantitative estimate of drug-likeness (QED) is 0.902. The molecule has 0 radical (unpaired) electrons. The van der Waals surface area contributed by atoms with Gasteiger partial charge in [-0.1, -0.05) is 0 Å². The lowest BCUT2D eigenvalue weighted by atomic mass is 10.2. The van der Waals surface area contributed by atoms with Crippen LogP contribution < -0.4 is 5.73 Å². The van der Waals surface area contributed by atoms with Gasteiger partial charge in [0, 0.05) is 11.3 Å². The van der Waals surface area contributed by atoms with Crippen LogP contribution in [-0.4, -0.2) is 15.0 Å². The van der Waals surface area contributed by atoms with E-state index < -0.39 is 0 Å². The zero-order chi connectivity index (χ0) is 11.8. The number of rotatable bonds is 3. The first-order chi connectivity index (χ1) is 8.22. The average molecular weight is 246 g/mol. The molecule has 0 bridgehead atoms. The Morgan fingerprint density at radius 2 is 2.24 bits per heavy atom. The second-order valence-electron chi connectivity index (χ2n) is 4.44. The molecule has 0 unspecified atom stereocenters. The molecule has 0 atom stereocenters. The molecule has 88 valence electrons. The third kappa shape index (κ3) is 2.29. The Morgan fingerprint density at radius 1 is 1.41 bits per heavy atom. The van der Waals surface area contributed by atoms with Crippen molar-refractivity contribution < 1.29 is 0 Å². The van der Waals surface area contributed by atoms with Crippen LogP contribution in [0.3, 0.4) is 0 Å². The topological polar surface area (TPSA) is 64.7 Å². The van der Waals surface area contributed by atoms with Gasteiger partial charge in [0.15, 0.2) is 0 Å². The minimum atomic E-state index is 0.564. The SMILES string of the molecule is Cc1nc(Cc2ncc(N)c(C3CC3)n2)cs1. The first-order valence-electron chi connectivity index (χ1n) is 5.74.